The van der Waals surface area contributed by atoms with Crippen LogP contribution in [-0.2, 0) is 4.74 Å². The zero-order valence-electron chi connectivity index (χ0n) is 15.1. The number of esters is 1. The van der Waals surface area contributed by atoms with Crippen molar-refractivity contribution >= 4 is 66.9 Å². The van der Waals surface area contributed by atoms with Gasteiger partial charge >= 0.3 is 5.97 Å². The van der Waals surface area contributed by atoms with Gasteiger partial charge in [-0.3, -0.25) is 0 Å². The van der Waals surface area contributed by atoms with Gasteiger partial charge in [0, 0.05) is 48.8 Å². The molecule has 2 aromatic rings. The van der Waals surface area contributed by atoms with Gasteiger partial charge < -0.3 is 20.3 Å². The van der Waals surface area contributed by atoms with Crippen molar-refractivity contribution in [2.75, 3.05) is 12.8 Å². The molecule has 0 spiro atoms. The van der Waals surface area contributed by atoms with Crippen molar-refractivity contribution in [3.63, 3.8) is 0 Å². The number of carbonyl (C=O) groups is 1. The zero-order valence-corrected chi connectivity index (χ0v) is 19.1. The molecule has 1 aliphatic heterocycles. The van der Waals surface area contributed by atoms with Crippen LogP contribution in [0.4, 0.5) is 5.69 Å². The van der Waals surface area contributed by atoms with Crippen LogP contribution in [0.15, 0.2) is 61.9 Å². The molecule has 5 nitrogen and oxygen atoms in total. The van der Waals surface area contributed by atoms with Gasteiger partial charge in [0.1, 0.15) is 11.3 Å². The third kappa shape index (κ3) is 3.66. The molecule has 1 aliphatic carbocycles. The van der Waals surface area contributed by atoms with Gasteiger partial charge in [0.2, 0.25) is 0 Å². The molecule has 8 heteroatoms. The molecule has 0 radical (unpaired) electrons. The van der Waals surface area contributed by atoms with E-state index in [1.54, 1.807) is 36.4 Å². The molecule has 2 aromatic carbocycles. The van der Waals surface area contributed by atoms with Crippen molar-refractivity contribution in [2.24, 2.45) is 0 Å². The number of ether oxygens (including phenoxy) is 1. The Morgan fingerprint density at radius 1 is 1.07 bits per heavy atom. The normalized spacial score (nSPS) is 10.7. The molecule has 2 aliphatic rings. The van der Waals surface area contributed by atoms with Crippen molar-refractivity contribution < 1.29 is 13.9 Å². The predicted molar refractivity (Wildman–Crippen MR) is 123 cm³/mol. The summed E-state index contributed by atoms with van der Waals surface area (Å²) in [6.45, 7) is 0. The first-order valence-electron chi connectivity index (χ1n) is 8.28. The Kier molecular flexibility index (Phi) is 6.03. The molecular weight excluding hydrogens is 524 g/mol. The summed E-state index contributed by atoms with van der Waals surface area (Å²) in [5.74, 6) is 0.0844. The van der Waals surface area contributed by atoms with E-state index in [-0.39, 0.29) is 12.4 Å². The number of nitrogens with two attached hydrogens (primary N) is 1. The number of carbonyl (C=O) groups excluding carboxylic acids is 1. The standard InChI is InChI=1S/C21H14Br2N2O3.ClH/c1-27-21(26)14-6-7-15(22)20(23)19(14)18-12-4-2-10(24)8-16(12)28-17-9-11(25)3-5-13(17)18;/h2-9,24H,25H2,1H3;1H. The number of nitrogen functional groups attached to an aromatic ring is 1. The fraction of sp³-hybridized carbons (Fsp3) is 0.0476. The highest BCUT2D eigenvalue weighted by Gasteiger charge is 2.25. The zero-order chi connectivity index (χ0) is 20.0. The van der Waals surface area contributed by atoms with E-state index in [1.165, 1.54) is 7.11 Å². The van der Waals surface area contributed by atoms with Crippen LogP contribution < -0.4 is 11.1 Å². The number of halogens is 3. The summed E-state index contributed by atoms with van der Waals surface area (Å²) in [5, 5.41) is 9.06. The Morgan fingerprint density at radius 3 is 2.55 bits per heavy atom. The average molecular weight is 539 g/mol. The molecule has 0 fully saturated rings. The maximum atomic E-state index is 12.5. The number of rotatable bonds is 2. The third-order valence-corrected chi connectivity index (χ3v) is 6.51. The van der Waals surface area contributed by atoms with Crippen molar-refractivity contribution in [3.05, 3.63) is 68.4 Å². The van der Waals surface area contributed by atoms with Crippen LogP contribution in [0.25, 0.3) is 33.4 Å². The van der Waals surface area contributed by atoms with Crippen molar-refractivity contribution in [1.82, 2.24) is 0 Å². The number of nitrogens with one attached hydrogen (secondary N) is 1. The van der Waals surface area contributed by atoms with Crippen LogP contribution in [-0.4, -0.2) is 13.1 Å². The summed E-state index contributed by atoms with van der Waals surface area (Å²) in [7, 11) is 1.35. The van der Waals surface area contributed by atoms with Crippen molar-refractivity contribution in [1.29, 1.82) is 5.41 Å². The van der Waals surface area contributed by atoms with Gasteiger partial charge in [-0.15, -0.1) is 12.4 Å². The molecule has 0 amide bonds. The van der Waals surface area contributed by atoms with Gasteiger partial charge in [-0.1, -0.05) is 0 Å². The second-order valence-corrected chi connectivity index (χ2v) is 7.87. The smallest absolute Gasteiger partial charge is 0.338 e. The lowest BCUT2D eigenvalue weighted by Gasteiger charge is -2.19. The minimum Gasteiger partial charge on any atom is -0.465 e. The van der Waals surface area contributed by atoms with E-state index in [0.717, 1.165) is 25.5 Å². The van der Waals surface area contributed by atoms with Gasteiger partial charge in [0.15, 0.2) is 0 Å². The quantitative estimate of drug-likeness (QED) is 0.186. The maximum Gasteiger partial charge on any atom is 0.338 e. The van der Waals surface area contributed by atoms with E-state index in [9.17, 15) is 4.79 Å². The molecular formula is C21H15Br2ClN2O3. The number of benzene rings is 3. The fourth-order valence-electron chi connectivity index (χ4n) is 3.25. The molecule has 4 rings (SSSR count). The minimum absolute atomic E-state index is 0. The van der Waals surface area contributed by atoms with Crippen LogP contribution in [0, 0.1) is 5.41 Å². The first-order chi connectivity index (χ1) is 13.4. The minimum atomic E-state index is -0.446. The summed E-state index contributed by atoms with van der Waals surface area (Å²) in [6, 6.07) is 14.0. The van der Waals surface area contributed by atoms with Crippen molar-refractivity contribution in [3.8, 4) is 22.5 Å². The van der Waals surface area contributed by atoms with Crippen LogP contribution in [0.1, 0.15) is 10.4 Å². The molecule has 0 aromatic heterocycles. The molecule has 1 heterocycles. The first-order valence-corrected chi connectivity index (χ1v) is 9.86. The van der Waals surface area contributed by atoms with E-state index in [1.807, 2.05) is 12.1 Å². The lowest BCUT2D eigenvalue weighted by molar-refractivity contribution is 0.0601. The fourth-order valence-corrected chi connectivity index (χ4v) is 4.13. The third-order valence-electron chi connectivity index (χ3n) is 4.50. The van der Waals surface area contributed by atoms with Gasteiger partial charge in [0.05, 0.1) is 18.0 Å². The lowest BCUT2D eigenvalue weighted by Crippen LogP contribution is -2.06. The van der Waals surface area contributed by atoms with Crippen LogP contribution in [0.2, 0.25) is 0 Å². The van der Waals surface area contributed by atoms with Gasteiger partial charge in [-0.25, -0.2) is 4.79 Å². The predicted octanol–water partition coefficient (Wildman–Crippen LogP) is 6.00. The van der Waals surface area contributed by atoms with Crippen LogP contribution in [0.3, 0.4) is 0 Å². The summed E-state index contributed by atoms with van der Waals surface area (Å²) in [4.78, 5) is 12.5. The van der Waals surface area contributed by atoms with E-state index >= 15 is 0 Å². The summed E-state index contributed by atoms with van der Waals surface area (Å²) in [6.07, 6.45) is 0. The Morgan fingerprint density at radius 2 is 1.83 bits per heavy atom. The Hall–Kier alpha value is -2.35. The summed E-state index contributed by atoms with van der Waals surface area (Å²) in [5.41, 5.74) is 9.74. The average Bonchev–Trinajstić information content (AvgIpc) is 2.67. The second kappa shape index (κ2) is 8.18. The van der Waals surface area contributed by atoms with Gasteiger partial charge in [-0.2, -0.15) is 0 Å². The highest BCUT2D eigenvalue weighted by atomic mass is 79.9. The van der Waals surface area contributed by atoms with Crippen molar-refractivity contribution in [2.45, 2.75) is 0 Å². The summed E-state index contributed by atoms with van der Waals surface area (Å²) >= 11 is 7.15. The molecule has 0 saturated carbocycles. The van der Waals surface area contributed by atoms with Crippen LogP contribution >= 0.6 is 44.3 Å². The van der Waals surface area contributed by atoms with E-state index in [4.69, 9.17) is 20.3 Å². The van der Waals surface area contributed by atoms with E-state index in [0.29, 0.717) is 33.5 Å². The van der Waals surface area contributed by atoms with Gasteiger partial charge in [-0.05, 0) is 68.3 Å². The van der Waals surface area contributed by atoms with E-state index in [2.05, 4.69) is 31.9 Å². The molecule has 0 saturated heterocycles. The number of fused-ring (bicyclic) bond motifs is 2. The highest BCUT2D eigenvalue weighted by molar-refractivity contribution is 9.13. The monoisotopic (exact) mass is 536 g/mol. The highest BCUT2D eigenvalue weighted by Crippen LogP contribution is 2.46. The summed E-state index contributed by atoms with van der Waals surface area (Å²) < 4.78 is 12.5. The molecule has 3 N–H and O–H groups in total. The number of hydrogen-bond donors (Lipinski definition) is 2. The molecule has 0 unspecified atom stereocenters. The lowest BCUT2D eigenvalue weighted by atomic mass is 9.90. The van der Waals surface area contributed by atoms with Crippen LogP contribution in [0.5, 0.6) is 0 Å². The maximum absolute atomic E-state index is 12.5. The Balaban J connectivity index is 0.00000240. The number of hydrogen-bond acceptors (Lipinski definition) is 5. The number of methoxy groups -OCH3 is 1. The molecule has 148 valence electrons. The largest absolute Gasteiger partial charge is 0.465 e. The molecule has 0 bridgehead atoms. The first kappa shape index (κ1) is 21.4. The number of anilines is 1. The Bertz CT molecular complexity index is 1290. The molecule has 0 atom stereocenters. The Labute approximate surface area is 189 Å². The van der Waals surface area contributed by atoms with E-state index < -0.39 is 5.97 Å². The molecule has 29 heavy (non-hydrogen) atoms. The topological polar surface area (TPSA) is 89.3 Å². The second-order valence-electron chi connectivity index (χ2n) is 6.22. The van der Waals surface area contributed by atoms with Gasteiger partial charge in [0.25, 0.3) is 0 Å². The SMILES string of the molecule is COC(=O)c1ccc(Br)c(Br)c1-c1c2ccc(=N)cc-2oc2cc(N)ccc12.Cl.